The molecule has 2 aromatic heterocycles. The Morgan fingerprint density at radius 3 is 2.68 bits per heavy atom. The Morgan fingerprint density at radius 2 is 2.21 bits per heavy atom. The zero-order valence-corrected chi connectivity index (χ0v) is 11.6. The summed E-state index contributed by atoms with van der Waals surface area (Å²) in [6, 6.07) is 1.31. The van der Waals surface area contributed by atoms with Crippen LogP contribution in [0.2, 0.25) is 0 Å². The quantitative estimate of drug-likeness (QED) is 0.858. The number of hydrogen-bond donors (Lipinski definition) is 2. The van der Waals surface area contributed by atoms with Crippen molar-refractivity contribution in [1.29, 1.82) is 0 Å². The average molecular weight is 302 g/mol. The first-order chi connectivity index (χ1) is 8.81. The fourth-order valence-electron chi connectivity index (χ4n) is 1.36. The highest BCUT2D eigenvalue weighted by Crippen LogP contribution is 2.27. The van der Waals surface area contributed by atoms with Gasteiger partial charge in [-0.05, 0) is 18.6 Å². The van der Waals surface area contributed by atoms with Crippen molar-refractivity contribution < 1.29 is 18.3 Å². The van der Waals surface area contributed by atoms with Crippen molar-refractivity contribution in [3.05, 3.63) is 22.8 Å². The van der Waals surface area contributed by atoms with E-state index in [1.165, 1.54) is 24.1 Å². The van der Waals surface area contributed by atoms with E-state index in [9.17, 15) is 13.2 Å². The van der Waals surface area contributed by atoms with Crippen LogP contribution in [-0.2, 0) is 17.1 Å². The number of aryl methyl sites for hydroxylation is 2. The molecular weight excluding hydrogens is 292 g/mol. The highest BCUT2D eigenvalue weighted by Gasteiger charge is 2.23. The van der Waals surface area contributed by atoms with Gasteiger partial charge in [-0.15, -0.1) is 11.3 Å². The number of rotatable bonds is 4. The molecule has 2 N–H and O–H groups in total. The molecule has 0 spiro atoms. The van der Waals surface area contributed by atoms with E-state index in [4.69, 9.17) is 5.11 Å². The number of carboxylic acids is 1. The number of thiophene rings is 1. The molecule has 0 radical (unpaired) electrons. The van der Waals surface area contributed by atoms with E-state index >= 15 is 0 Å². The summed E-state index contributed by atoms with van der Waals surface area (Å²) in [7, 11) is -2.32. The maximum absolute atomic E-state index is 12.1. The molecule has 0 fully saturated rings. The van der Waals surface area contributed by atoms with E-state index in [1.807, 2.05) is 0 Å². The lowest BCUT2D eigenvalue weighted by molar-refractivity contribution is 0.0701. The molecule has 0 aliphatic carbocycles. The minimum absolute atomic E-state index is 0.00154. The summed E-state index contributed by atoms with van der Waals surface area (Å²) >= 11 is 0.695. The lowest BCUT2D eigenvalue weighted by atomic mass is 10.3. The first-order valence-corrected chi connectivity index (χ1v) is 7.32. The van der Waals surface area contributed by atoms with Gasteiger partial charge in [0.2, 0.25) is 5.95 Å². The number of hydrogen-bond acceptors (Lipinski definition) is 6. The van der Waals surface area contributed by atoms with Gasteiger partial charge in [-0.25, -0.2) is 22.6 Å². The summed E-state index contributed by atoms with van der Waals surface area (Å²) < 4.78 is 27.6. The minimum Gasteiger partial charge on any atom is -0.477 e. The summed E-state index contributed by atoms with van der Waals surface area (Å²) in [5.41, 5.74) is 0.399. The van der Waals surface area contributed by atoms with Crippen molar-refractivity contribution in [2.45, 2.75) is 11.1 Å². The number of sulfonamides is 1. The van der Waals surface area contributed by atoms with Gasteiger partial charge in [-0.3, -0.25) is 0 Å². The Balaban J connectivity index is 2.38. The molecule has 0 saturated carbocycles. The van der Waals surface area contributed by atoms with Gasteiger partial charge in [0.25, 0.3) is 10.0 Å². The molecule has 0 saturated heterocycles. The van der Waals surface area contributed by atoms with Gasteiger partial charge in [-0.1, -0.05) is 0 Å². The standard InChI is InChI=1S/C9H10N4O4S2/c1-5-3-6(18-7(5)8(14)15)19(16,17)12-9-10-4-11-13(9)2/h3-4H,1-2H3,(H,14,15)(H,10,11,12). The predicted molar refractivity (Wildman–Crippen MR) is 67.8 cm³/mol. The van der Waals surface area contributed by atoms with Crippen LogP contribution in [0.15, 0.2) is 16.6 Å². The third kappa shape index (κ3) is 2.58. The van der Waals surface area contributed by atoms with Crippen molar-refractivity contribution in [1.82, 2.24) is 14.8 Å². The number of anilines is 1. The molecule has 0 bridgehead atoms. The average Bonchev–Trinajstić information content (AvgIpc) is 2.86. The van der Waals surface area contributed by atoms with Crippen LogP contribution in [0.25, 0.3) is 0 Å². The summed E-state index contributed by atoms with van der Waals surface area (Å²) in [5, 5.41) is 12.6. The van der Waals surface area contributed by atoms with E-state index in [0.29, 0.717) is 16.9 Å². The zero-order chi connectivity index (χ0) is 14.2. The second-order valence-electron chi connectivity index (χ2n) is 3.70. The van der Waals surface area contributed by atoms with Crippen molar-refractivity contribution in [3.63, 3.8) is 0 Å². The van der Waals surface area contributed by atoms with E-state index in [2.05, 4.69) is 14.8 Å². The zero-order valence-electron chi connectivity index (χ0n) is 9.98. The number of carbonyl (C=O) groups is 1. The fraction of sp³-hybridized carbons (Fsp3) is 0.222. The highest BCUT2D eigenvalue weighted by molar-refractivity contribution is 7.94. The molecule has 10 heteroatoms. The third-order valence-corrected chi connectivity index (χ3v) is 5.32. The molecule has 0 aliphatic heterocycles. The van der Waals surface area contributed by atoms with Crippen LogP contribution in [0.4, 0.5) is 5.95 Å². The Labute approximate surface area is 112 Å². The van der Waals surface area contributed by atoms with Crippen LogP contribution < -0.4 is 4.72 Å². The maximum Gasteiger partial charge on any atom is 0.346 e. The third-order valence-electron chi connectivity index (χ3n) is 2.29. The van der Waals surface area contributed by atoms with E-state index in [1.54, 1.807) is 6.92 Å². The normalized spacial score (nSPS) is 11.5. The lowest BCUT2D eigenvalue weighted by Crippen LogP contribution is -2.15. The van der Waals surface area contributed by atoms with Crippen LogP contribution in [0.1, 0.15) is 15.2 Å². The summed E-state index contributed by atoms with van der Waals surface area (Å²) in [4.78, 5) is 14.6. The minimum atomic E-state index is -3.86. The number of aromatic nitrogens is 3. The molecule has 2 aromatic rings. The molecule has 0 amide bonds. The van der Waals surface area contributed by atoms with Gasteiger partial charge in [0.15, 0.2) is 0 Å². The maximum atomic E-state index is 12.1. The summed E-state index contributed by atoms with van der Waals surface area (Å²) in [5.74, 6) is -1.09. The monoisotopic (exact) mass is 302 g/mol. The van der Waals surface area contributed by atoms with Crippen molar-refractivity contribution >= 4 is 33.3 Å². The Bertz CT molecular complexity index is 731. The number of carboxylic acid groups (broad SMARTS) is 1. The first kappa shape index (κ1) is 13.5. The molecule has 0 unspecified atom stereocenters. The molecule has 0 atom stereocenters. The van der Waals surface area contributed by atoms with Gasteiger partial charge in [0.1, 0.15) is 15.4 Å². The van der Waals surface area contributed by atoms with Crippen molar-refractivity contribution in [3.8, 4) is 0 Å². The number of aromatic carboxylic acids is 1. The molecule has 2 heterocycles. The largest absolute Gasteiger partial charge is 0.477 e. The molecule has 0 aliphatic rings. The second-order valence-corrected chi connectivity index (χ2v) is 6.66. The molecule has 2 rings (SSSR count). The Hall–Kier alpha value is -1.94. The number of nitrogens with zero attached hydrogens (tertiary/aromatic N) is 3. The predicted octanol–water partition coefficient (Wildman–Crippen LogP) is 0.684. The van der Waals surface area contributed by atoms with Crippen molar-refractivity contribution in [2.24, 2.45) is 7.05 Å². The molecule has 0 aromatic carbocycles. The van der Waals surface area contributed by atoms with Crippen molar-refractivity contribution in [2.75, 3.05) is 4.72 Å². The van der Waals surface area contributed by atoms with E-state index < -0.39 is 16.0 Å². The second kappa shape index (κ2) is 4.63. The van der Waals surface area contributed by atoms with Crippen LogP contribution in [0.3, 0.4) is 0 Å². The molecule has 19 heavy (non-hydrogen) atoms. The summed E-state index contributed by atoms with van der Waals surface area (Å²) in [6.07, 6.45) is 1.21. The van der Waals surface area contributed by atoms with Crippen LogP contribution in [-0.4, -0.2) is 34.3 Å². The van der Waals surface area contributed by atoms with Gasteiger partial charge < -0.3 is 5.11 Å². The Morgan fingerprint density at radius 1 is 1.53 bits per heavy atom. The van der Waals surface area contributed by atoms with Gasteiger partial charge in [-0.2, -0.15) is 10.1 Å². The van der Waals surface area contributed by atoms with E-state index in [0.717, 1.165) is 0 Å². The van der Waals surface area contributed by atoms with Crippen LogP contribution >= 0.6 is 11.3 Å². The van der Waals surface area contributed by atoms with E-state index in [-0.39, 0.29) is 15.0 Å². The topological polar surface area (TPSA) is 114 Å². The number of nitrogens with one attached hydrogen (secondary N) is 1. The Kier molecular flexibility index (Phi) is 3.28. The SMILES string of the molecule is Cc1cc(S(=O)(=O)Nc2ncnn2C)sc1C(=O)O. The highest BCUT2D eigenvalue weighted by atomic mass is 32.2. The molecular formula is C9H10N4O4S2. The summed E-state index contributed by atoms with van der Waals surface area (Å²) in [6.45, 7) is 1.54. The lowest BCUT2D eigenvalue weighted by Gasteiger charge is -2.03. The fourth-order valence-corrected chi connectivity index (χ4v) is 3.77. The van der Waals surface area contributed by atoms with Gasteiger partial charge in [0, 0.05) is 7.05 Å². The molecule has 102 valence electrons. The smallest absolute Gasteiger partial charge is 0.346 e. The van der Waals surface area contributed by atoms with Gasteiger partial charge >= 0.3 is 5.97 Å². The van der Waals surface area contributed by atoms with Crippen LogP contribution in [0, 0.1) is 6.92 Å². The van der Waals surface area contributed by atoms with Crippen LogP contribution in [0.5, 0.6) is 0 Å². The molecule has 8 nitrogen and oxygen atoms in total. The van der Waals surface area contributed by atoms with Gasteiger partial charge in [0.05, 0.1) is 0 Å². The first-order valence-electron chi connectivity index (χ1n) is 5.02.